The van der Waals surface area contributed by atoms with Gasteiger partial charge in [-0.25, -0.2) is 13.1 Å². The van der Waals surface area contributed by atoms with Crippen LogP contribution in [0, 0.1) is 13.8 Å². The van der Waals surface area contributed by atoms with E-state index in [4.69, 9.17) is 0 Å². The highest BCUT2D eigenvalue weighted by atomic mass is 32.2. The van der Waals surface area contributed by atoms with Gasteiger partial charge in [-0.2, -0.15) is 0 Å². The van der Waals surface area contributed by atoms with Crippen molar-refractivity contribution >= 4 is 32.5 Å². The van der Waals surface area contributed by atoms with Crippen LogP contribution in [-0.4, -0.2) is 25.4 Å². The summed E-state index contributed by atoms with van der Waals surface area (Å²) in [6, 6.07) is 13.8. The highest BCUT2D eigenvalue weighted by Gasteiger charge is 2.27. The molecular weight excluding hydrogens is 388 g/mol. The highest BCUT2D eigenvalue weighted by molar-refractivity contribution is 7.89. The van der Waals surface area contributed by atoms with Crippen molar-refractivity contribution in [2.45, 2.75) is 37.6 Å². The Bertz CT molecular complexity index is 1190. The molecule has 8 heteroatoms. The number of hydrogen-bond acceptors (Lipinski definition) is 5. The van der Waals surface area contributed by atoms with Crippen molar-refractivity contribution in [3.8, 4) is 0 Å². The average Bonchev–Trinajstić information content (AvgIpc) is 3.49. The van der Waals surface area contributed by atoms with Crippen molar-refractivity contribution in [3.63, 3.8) is 0 Å². The number of hydrogen-bond donors (Lipinski definition) is 3. The molecule has 0 saturated heterocycles. The van der Waals surface area contributed by atoms with E-state index in [9.17, 15) is 13.2 Å². The molecule has 0 unspecified atom stereocenters. The van der Waals surface area contributed by atoms with Gasteiger partial charge in [-0.3, -0.25) is 20.6 Å². The largest absolute Gasteiger partial charge is 0.298 e. The van der Waals surface area contributed by atoms with Gasteiger partial charge in [0.05, 0.1) is 21.7 Å². The van der Waals surface area contributed by atoms with E-state index < -0.39 is 10.0 Å². The molecule has 3 N–H and O–H groups in total. The van der Waals surface area contributed by atoms with Crippen LogP contribution in [0.3, 0.4) is 0 Å². The number of aryl methyl sites for hydroxylation is 2. The molecule has 1 aliphatic carbocycles. The summed E-state index contributed by atoms with van der Waals surface area (Å²) in [5.74, 6) is -0.293. The van der Waals surface area contributed by atoms with Crippen LogP contribution in [-0.2, 0) is 10.0 Å². The predicted octanol–water partition coefficient (Wildman–Crippen LogP) is 3.05. The van der Waals surface area contributed by atoms with Crippen LogP contribution in [0.5, 0.6) is 0 Å². The SMILES string of the molecule is Cc1ccc2nc(C)cc(C(=O)NNc3ccc(S(=O)(=O)NC4CC4)cc3)c2c1. The third-order valence-electron chi connectivity index (χ3n) is 4.72. The number of amides is 1. The number of carbonyl (C=O) groups is 1. The van der Waals surface area contributed by atoms with Gasteiger partial charge in [-0.1, -0.05) is 11.6 Å². The van der Waals surface area contributed by atoms with E-state index >= 15 is 0 Å². The molecule has 0 bridgehead atoms. The van der Waals surface area contributed by atoms with Crippen molar-refractivity contribution < 1.29 is 13.2 Å². The van der Waals surface area contributed by atoms with Gasteiger partial charge in [-0.15, -0.1) is 0 Å². The number of benzene rings is 2. The van der Waals surface area contributed by atoms with Crippen molar-refractivity contribution in [2.75, 3.05) is 5.43 Å². The summed E-state index contributed by atoms with van der Waals surface area (Å²) in [6.45, 7) is 3.81. The van der Waals surface area contributed by atoms with Crippen LogP contribution in [0.1, 0.15) is 34.5 Å². The Morgan fingerprint density at radius 3 is 2.45 bits per heavy atom. The molecule has 4 rings (SSSR count). The second kappa shape index (κ2) is 7.46. The first kappa shape index (κ1) is 19.4. The summed E-state index contributed by atoms with van der Waals surface area (Å²) in [7, 11) is -3.49. The zero-order chi connectivity index (χ0) is 20.6. The Labute approximate surface area is 169 Å². The standard InChI is InChI=1S/C21H22N4O3S/c1-13-3-10-20-18(11-13)19(12-14(2)22-20)21(26)24-23-15-6-8-17(9-7-15)29(27,28)25-16-4-5-16/h3,6-12,16,23,25H,4-5H2,1-2H3,(H,24,26). The van der Waals surface area contributed by atoms with Gasteiger partial charge in [0.15, 0.2) is 0 Å². The van der Waals surface area contributed by atoms with Crippen LogP contribution >= 0.6 is 0 Å². The van der Waals surface area contributed by atoms with Gasteiger partial charge >= 0.3 is 0 Å². The smallest absolute Gasteiger partial charge is 0.270 e. The Morgan fingerprint density at radius 1 is 1.03 bits per heavy atom. The lowest BCUT2D eigenvalue weighted by Crippen LogP contribution is -2.30. The molecule has 1 amide bonds. The highest BCUT2D eigenvalue weighted by Crippen LogP contribution is 2.23. The van der Waals surface area contributed by atoms with E-state index in [1.807, 2.05) is 32.0 Å². The van der Waals surface area contributed by atoms with Crippen LogP contribution in [0.15, 0.2) is 53.4 Å². The summed E-state index contributed by atoms with van der Waals surface area (Å²) in [4.78, 5) is 17.4. The van der Waals surface area contributed by atoms with E-state index in [1.165, 1.54) is 12.1 Å². The summed E-state index contributed by atoms with van der Waals surface area (Å²) < 4.78 is 27.1. The van der Waals surface area contributed by atoms with Gasteiger partial charge < -0.3 is 0 Å². The molecule has 1 heterocycles. The first-order valence-corrected chi connectivity index (χ1v) is 10.9. The van der Waals surface area contributed by atoms with Crippen LogP contribution in [0.25, 0.3) is 10.9 Å². The zero-order valence-electron chi connectivity index (χ0n) is 16.2. The number of nitrogens with one attached hydrogen (secondary N) is 3. The number of aromatic nitrogens is 1. The second-order valence-corrected chi connectivity index (χ2v) is 9.04. The normalized spacial score (nSPS) is 14.0. The first-order valence-electron chi connectivity index (χ1n) is 9.38. The second-order valence-electron chi connectivity index (χ2n) is 7.33. The molecule has 1 aliphatic rings. The van der Waals surface area contributed by atoms with Crippen LogP contribution in [0.2, 0.25) is 0 Å². The fourth-order valence-corrected chi connectivity index (χ4v) is 4.37. The van der Waals surface area contributed by atoms with E-state index in [-0.39, 0.29) is 16.8 Å². The number of rotatable bonds is 6. The molecule has 0 atom stereocenters. The lowest BCUT2D eigenvalue weighted by Gasteiger charge is -2.12. The molecule has 0 radical (unpaired) electrons. The summed E-state index contributed by atoms with van der Waals surface area (Å²) in [5.41, 5.74) is 9.17. The molecule has 2 aromatic carbocycles. The van der Waals surface area contributed by atoms with E-state index in [2.05, 4.69) is 20.6 Å². The molecule has 3 aromatic rings. The minimum atomic E-state index is -3.49. The Hall–Kier alpha value is -2.97. The zero-order valence-corrected chi connectivity index (χ0v) is 17.0. The van der Waals surface area contributed by atoms with Crippen LogP contribution in [0.4, 0.5) is 5.69 Å². The number of carbonyl (C=O) groups excluding carboxylic acids is 1. The average molecular weight is 410 g/mol. The summed E-state index contributed by atoms with van der Waals surface area (Å²) in [6.07, 6.45) is 1.77. The fourth-order valence-electron chi connectivity index (χ4n) is 3.06. The molecule has 1 aromatic heterocycles. The van der Waals surface area contributed by atoms with Crippen molar-refractivity contribution in [1.29, 1.82) is 0 Å². The molecule has 1 fully saturated rings. The quantitative estimate of drug-likeness (QED) is 0.543. The lowest BCUT2D eigenvalue weighted by molar-refractivity contribution is 0.0964. The van der Waals surface area contributed by atoms with Crippen molar-refractivity contribution in [2.24, 2.45) is 0 Å². The van der Waals surface area contributed by atoms with Crippen LogP contribution < -0.4 is 15.6 Å². The van der Waals surface area contributed by atoms with Gasteiger partial charge in [-0.05, 0) is 69.2 Å². The molecule has 150 valence electrons. The molecule has 0 aliphatic heterocycles. The monoisotopic (exact) mass is 410 g/mol. The maximum atomic E-state index is 12.7. The third kappa shape index (κ3) is 4.38. The maximum absolute atomic E-state index is 12.7. The summed E-state index contributed by atoms with van der Waals surface area (Å²) >= 11 is 0. The van der Waals surface area contributed by atoms with Gasteiger partial charge in [0.2, 0.25) is 10.0 Å². The first-order chi connectivity index (χ1) is 13.8. The summed E-state index contributed by atoms with van der Waals surface area (Å²) in [5, 5.41) is 0.780. The van der Waals surface area contributed by atoms with E-state index in [0.29, 0.717) is 11.3 Å². The predicted molar refractivity (Wildman–Crippen MR) is 112 cm³/mol. The molecule has 0 spiro atoms. The van der Waals surface area contributed by atoms with E-state index in [1.54, 1.807) is 18.2 Å². The Balaban J connectivity index is 1.49. The number of fused-ring (bicyclic) bond motifs is 1. The van der Waals surface area contributed by atoms with E-state index in [0.717, 1.165) is 35.0 Å². The van der Waals surface area contributed by atoms with Gasteiger partial charge in [0, 0.05) is 17.1 Å². The number of nitrogens with zero attached hydrogens (tertiary/aromatic N) is 1. The third-order valence-corrected chi connectivity index (χ3v) is 6.26. The number of pyridine rings is 1. The number of hydrazine groups is 1. The minimum absolute atomic E-state index is 0.0550. The molecule has 29 heavy (non-hydrogen) atoms. The molecule has 7 nitrogen and oxygen atoms in total. The fraction of sp³-hybridized carbons (Fsp3) is 0.238. The van der Waals surface area contributed by atoms with Crippen molar-refractivity contribution in [3.05, 3.63) is 65.4 Å². The lowest BCUT2D eigenvalue weighted by atomic mass is 10.0. The number of sulfonamides is 1. The number of anilines is 1. The topological polar surface area (TPSA) is 100 Å². The van der Waals surface area contributed by atoms with Gasteiger partial charge in [0.25, 0.3) is 5.91 Å². The van der Waals surface area contributed by atoms with Gasteiger partial charge in [0.1, 0.15) is 0 Å². The molecular formula is C21H22N4O3S. The molecule has 1 saturated carbocycles. The Morgan fingerprint density at radius 2 is 1.76 bits per heavy atom. The Kier molecular flexibility index (Phi) is 4.97. The maximum Gasteiger partial charge on any atom is 0.270 e. The minimum Gasteiger partial charge on any atom is -0.298 e. The van der Waals surface area contributed by atoms with Crippen molar-refractivity contribution in [1.82, 2.24) is 15.1 Å².